The zero-order valence-electron chi connectivity index (χ0n) is 19.2. The van der Waals surface area contributed by atoms with Crippen LogP contribution in [0.5, 0.6) is 0 Å². The Labute approximate surface area is 210 Å². The Morgan fingerprint density at radius 1 is 1.19 bits per heavy atom. The Hall–Kier alpha value is -4.37. The van der Waals surface area contributed by atoms with Gasteiger partial charge in [0.05, 0.1) is 17.3 Å². The molecule has 0 spiro atoms. The van der Waals surface area contributed by atoms with Crippen LogP contribution in [0.25, 0.3) is 6.08 Å². The van der Waals surface area contributed by atoms with Gasteiger partial charge in [0, 0.05) is 0 Å². The highest BCUT2D eigenvalue weighted by molar-refractivity contribution is 7.17. The average molecular weight is 505 g/mol. The second kappa shape index (κ2) is 10.5. The summed E-state index contributed by atoms with van der Waals surface area (Å²) in [5.41, 5.74) is 1.28. The van der Waals surface area contributed by atoms with E-state index in [0.29, 0.717) is 11.3 Å². The summed E-state index contributed by atoms with van der Waals surface area (Å²) >= 11 is 0.891. The summed E-state index contributed by atoms with van der Waals surface area (Å²) in [6, 6.07) is 13.2. The van der Waals surface area contributed by atoms with Gasteiger partial charge < -0.3 is 9.84 Å². The number of halogens is 1. The zero-order chi connectivity index (χ0) is 25.8. The van der Waals surface area contributed by atoms with E-state index in [1.54, 1.807) is 25.1 Å². The van der Waals surface area contributed by atoms with Crippen molar-refractivity contribution in [3.63, 3.8) is 0 Å². The monoisotopic (exact) mass is 504 g/mol. The number of anilines is 1. The number of ether oxygens (including phenoxy) is 1. The molecule has 4 rings (SSSR count). The second-order valence-corrected chi connectivity index (χ2v) is 8.78. The molecule has 0 bridgehead atoms. The molecule has 2 heterocycles. The molecule has 1 amide bonds. The molecule has 7 nitrogen and oxygen atoms in total. The van der Waals surface area contributed by atoms with E-state index in [0.717, 1.165) is 21.8 Å². The number of aryl methyl sites for hydroxylation is 1. The summed E-state index contributed by atoms with van der Waals surface area (Å²) < 4.78 is 18.8. The molecule has 0 aliphatic carbocycles. The minimum atomic E-state index is -1.09. The van der Waals surface area contributed by atoms with Gasteiger partial charge in [0.25, 0.3) is 5.91 Å². The van der Waals surface area contributed by atoms with Crippen molar-refractivity contribution in [2.24, 2.45) is 0 Å². The number of carbonyl (C=O) groups excluding carboxylic acids is 3. The molecule has 0 fully saturated rings. The number of amides is 1. The van der Waals surface area contributed by atoms with Gasteiger partial charge in [0.2, 0.25) is 0 Å². The number of benzene rings is 2. The molecule has 0 saturated heterocycles. The fourth-order valence-corrected chi connectivity index (χ4v) is 4.70. The summed E-state index contributed by atoms with van der Waals surface area (Å²) in [5, 5.41) is 10.9. The van der Waals surface area contributed by atoms with Crippen molar-refractivity contribution < 1.29 is 28.6 Å². The molecule has 3 aromatic rings. The number of carbonyl (C=O) groups is 3. The van der Waals surface area contributed by atoms with Crippen LogP contribution in [0.15, 0.2) is 84.7 Å². The second-order valence-electron chi connectivity index (χ2n) is 7.80. The third kappa shape index (κ3) is 4.87. The van der Waals surface area contributed by atoms with Crippen LogP contribution in [0.3, 0.4) is 0 Å². The predicted octanol–water partition coefficient (Wildman–Crippen LogP) is 5.12. The average Bonchev–Trinajstić information content (AvgIpc) is 3.39. The number of aliphatic hydroxyl groups excluding tert-OH is 1. The molecule has 2 aromatic carbocycles. The number of aromatic nitrogens is 1. The smallest absolute Gasteiger partial charge is 0.350 e. The quantitative estimate of drug-likeness (QED) is 0.260. The molecular weight excluding hydrogens is 483 g/mol. The van der Waals surface area contributed by atoms with Crippen molar-refractivity contribution in [3.8, 4) is 0 Å². The maximum absolute atomic E-state index is 13.7. The van der Waals surface area contributed by atoms with Crippen LogP contribution in [0.1, 0.15) is 32.5 Å². The van der Waals surface area contributed by atoms with Crippen LogP contribution >= 0.6 is 11.3 Å². The highest BCUT2D eigenvalue weighted by atomic mass is 32.1. The van der Waals surface area contributed by atoms with Crippen LogP contribution in [-0.2, 0) is 14.3 Å². The molecule has 9 heteroatoms. The Morgan fingerprint density at radius 3 is 2.56 bits per heavy atom. The number of aliphatic hydroxyl groups is 1. The number of rotatable bonds is 8. The maximum Gasteiger partial charge on any atom is 0.350 e. The molecule has 182 valence electrons. The predicted molar refractivity (Wildman–Crippen MR) is 134 cm³/mol. The topological polar surface area (TPSA) is 96.8 Å². The van der Waals surface area contributed by atoms with Gasteiger partial charge in [0.1, 0.15) is 17.3 Å². The molecule has 1 aromatic heterocycles. The number of allylic oxidation sites excluding steroid dienone is 1. The Balaban J connectivity index is 1.76. The number of nitrogens with zero attached hydrogens (tertiary/aromatic N) is 2. The lowest BCUT2D eigenvalue weighted by atomic mass is 9.95. The molecule has 0 radical (unpaired) electrons. The molecule has 36 heavy (non-hydrogen) atoms. The number of hydrogen-bond donors (Lipinski definition) is 1. The fraction of sp³-hybridized carbons (Fsp3) is 0.111. The Morgan fingerprint density at radius 2 is 1.89 bits per heavy atom. The Kier molecular flexibility index (Phi) is 7.21. The summed E-state index contributed by atoms with van der Waals surface area (Å²) in [4.78, 5) is 44.5. The minimum Gasteiger partial charge on any atom is -0.503 e. The first-order valence-electron chi connectivity index (χ1n) is 10.9. The normalized spacial score (nSPS) is 15.6. The molecule has 1 atom stereocenters. The molecular formula is C27H21FN2O5S. The van der Waals surface area contributed by atoms with E-state index < -0.39 is 35.3 Å². The summed E-state index contributed by atoms with van der Waals surface area (Å²) in [7, 11) is 0. The Bertz CT molecular complexity index is 1390. The van der Waals surface area contributed by atoms with E-state index in [1.165, 1.54) is 36.4 Å². The van der Waals surface area contributed by atoms with Crippen molar-refractivity contribution in [1.82, 2.24) is 4.98 Å². The molecule has 0 saturated carbocycles. The van der Waals surface area contributed by atoms with Crippen LogP contribution in [0.2, 0.25) is 0 Å². The van der Waals surface area contributed by atoms with Gasteiger partial charge in [0.15, 0.2) is 16.7 Å². The van der Waals surface area contributed by atoms with Crippen LogP contribution in [0, 0.1) is 12.7 Å². The molecule has 1 unspecified atom stereocenters. The lowest BCUT2D eigenvalue weighted by Gasteiger charge is -2.24. The largest absolute Gasteiger partial charge is 0.503 e. The number of thiazole rings is 1. The highest BCUT2D eigenvalue weighted by Gasteiger charge is 2.45. The van der Waals surface area contributed by atoms with Crippen molar-refractivity contribution in [1.29, 1.82) is 0 Å². The molecule has 1 N–H and O–H groups in total. The number of ketones is 1. The lowest BCUT2D eigenvalue weighted by molar-refractivity contribution is -0.117. The van der Waals surface area contributed by atoms with E-state index in [-0.39, 0.29) is 22.2 Å². The fourth-order valence-electron chi connectivity index (χ4n) is 3.72. The van der Waals surface area contributed by atoms with Gasteiger partial charge in [-0.3, -0.25) is 14.5 Å². The number of hydrogen-bond acceptors (Lipinski definition) is 7. The third-order valence-electron chi connectivity index (χ3n) is 5.40. The van der Waals surface area contributed by atoms with Crippen LogP contribution in [0.4, 0.5) is 9.52 Å². The van der Waals surface area contributed by atoms with Crippen LogP contribution in [-0.4, -0.2) is 34.4 Å². The highest BCUT2D eigenvalue weighted by Crippen LogP contribution is 2.43. The molecule has 1 aliphatic rings. The first-order chi connectivity index (χ1) is 17.3. The lowest BCUT2D eigenvalue weighted by Crippen LogP contribution is -2.30. The van der Waals surface area contributed by atoms with E-state index >= 15 is 0 Å². The van der Waals surface area contributed by atoms with Gasteiger partial charge in [-0.2, -0.15) is 0 Å². The number of esters is 1. The van der Waals surface area contributed by atoms with Crippen molar-refractivity contribution in [2.75, 3.05) is 11.5 Å². The SMILES string of the molecule is C=CCOC(=O)c1sc(N2C(=O)C(O)=C(C(=O)C=Cc3ccccc3)C2c2ccc(F)cc2)nc1C. The summed E-state index contributed by atoms with van der Waals surface area (Å²) in [6.45, 7) is 5.09. The first kappa shape index (κ1) is 24.7. The molecule has 1 aliphatic heterocycles. The first-order valence-corrected chi connectivity index (χ1v) is 11.7. The zero-order valence-corrected chi connectivity index (χ0v) is 20.0. The van der Waals surface area contributed by atoms with E-state index in [2.05, 4.69) is 11.6 Å². The van der Waals surface area contributed by atoms with Gasteiger partial charge in [-0.1, -0.05) is 72.5 Å². The minimum absolute atomic E-state index is 0.00109. The third-order valence-corrected chi connectivity index (χ3v) is 6.53. The van der Waals surface area contributed by atoms with Crippen LogP contribution < -0.4 is 4.90 Å². The summed E-state index contributed by atoms with van der Waals surface area (Å²) in [5.74, 6) is -3.34. The van der Waals surface area contributed by atoms with E-state index in [9.17, 15) is 23.9 Å². The van der Waals surface area contributed by atoms with Gasteiger partial charge in [-0.05, 0) is 36.3 Å². The van der Waals surface area contributed by atoms with E-state index in [4.69, 9.17) is 4.74 Å². The van der Waals surface area contributed by atoms with Crippen molar-refractivity contribution >= 4 is 40.2 Å². The van der Waals surface area contributed by atoms with Crippen molar-refractivity contribution in [3.05, 3.63) is 112 Å². The van der Waals surface area contributed by atoms with Gasteiger partial charge in [-0.15, -0.1) is 0 Å². The van der Waals surface area contributed by atoms with E-state index in [1.807, 2.05) is 18.2 Å². The maximum atomic E-state index is 13.7. The van der Waals surface area contributed by atoms with Crippen molar-refractivity contribution in [2.45, 2.75) is 13.0 Å². The summed E-state index contributed by atoms with van der Waals surface area (Å²) in [6.07, 6.45) is 4.25. The van der Waals surface area contributed by atoms with Gasteiger partial charge in [-0.25, -0.2) is 14.2 Å². The standard InChI is InChI=1S/C27H21FN2O5S/c1-3-15-35-26(34)24-16(2)29-27(36-24)30-22(18-10-12-19(28)13-11-18)21(23(32)25(30)33)20(31)14-9-17-7-5-4-6-8-17/h3-14,22,32H,1,15H2,2H3. The van der Waals surface area contributed by atoms with Gasteiger partial charge >= 0.3 is 5.97 Å².